The van der Waals surface area contributed by atoms with Crippen LogP contribution in [0.15, 0.2) is 4.79 Å². The molecule has 2 aromatic heterocycles. The number of nitrogens with zero attached hydrogens (tertiary/aromatic N) is 2. The van der Waals surface area contributed by atoms with Gasteiger partial charge in [-0.1, -0.05) is 23.2 Å². The highest BCUT2D eigenvalue weighted by Gasteiger charge is 2.29. The fourth-order valence-electron chi connectivity index (χ4n) is 2.11. The molecule has 11 heteroatoms. The molecule has 0 atom stereocenters. The Morgan fingerprint density at radius 3 is 2.73 bits per heavy atom. The van der Waals surface area contributed by atoms with Crippen LogP contribution >= 0.6 is 35.6 Å². The Morgan fingerprint density at radius 2 is 2.09 bits per heavy atom. The quantitative estimate of drug-likeness (QED) is 0.706. The molecule has 22 heavy (non-hydrogen) atoms. The number of aromatic hydroxyl groups is 1. The monoisotopic (exact) mass is 367 g/mol. The van der Waals surface area contributed by atoms with Gasteiger partial charge in [-0.3, -0.25) is 4.79 Å². The third kappa shape index (κ3) is 2.29. The average Bonchev–Trinajstić information content (AvgIpc) is 2.58. The first-order valence-electron chi connectivity index (χ1n) is 5.69. The van der Waals surface area contributed by atoms with Gasteiger partial charge in [-0.25, -0.2) is 9.78 Å². The number of nitrogens with one attached hydrogen (secondary N) is 1. The lowest BCUT2D eigenvalue weighted by molar-refractivity contribution is 0.0690. The summed E-state index contributed by atoms with van der Waals surface area (Å²) in [5.74, 6) is -2.32. The third-order valence-electron chi connectivity index (χ3n) is 3.01. The summed E-state index contributed by atoms with van der Waals surface area (Å²) in [5, 5.41) is 19.1. The molecule has 3 N–H and O–H groups in total. The number of aromatic amines is 1. The molecule has 0 saturated carbocycles. The molecule has 0 unspecified atom stereocenters. The van der Waals surface area contributed by atoms with Crippen LogP contribution in [0.5, 0.6) is 11.5 Å². The van der Waals surface area contributed by atoms with Crippen molar-refractivity contribution in [2.24, 2.45) is 0 Å². The zero-order valence-corrected chi connectivity index (χ0v) is 12.9. The Bertz CT molecular complexity index is 829. The van der Waals surface area contributed by atoms with E-state index in [0.29, 0.717) is 0 Å². The Labute approximate surface area is 138 Å². The van der Waals surface area contributed by atoms with E-state index in [2.05, 4.69) is 9.97 Å². The number of ether oxygens (including phenoxy) is 1. The second-order valence-corrected chi connectivity index (χ2v) is 4.92. The molecule has 0 saturated heterocycles. The van der Waals surface area contributed by atoms with Gasteiger partial charge < -0.3 is 24.5 Å². The zero-order valence-electron chi connectivity index (χ0n) is 10.6. The van der Waals surface area contributed by atoms with Gasteiger partial charge in [-0.2, -0.15) is 0 Å². The maximum Gasteiger partial charge on any atom is 0.345 e. The maximum atomic E-state index is 11.8. The third-order valence-corrected chi connectivity index (χ3v) is 3.75. The highest BCUT2D eigenvalue weighted by molar-refractivity contribution is 6.40. The molecule has 0 radical (unpaired) electrons. The highest BCUT2D eigenvalue weighted by Crippen LogP contribution is 2.40. The van der Waals surface area contributed by atoms with E-state index < -0.39 is 22.8 Å². The van der Waals surface area contributed by atoms with Crippen molar-refractivity contribution in [1.29, 1.82) is 0 Å². The number of aromatic nitrogens is 3. The van der Waals surface area contributed by atoms with Crippen LogP contribution in [-0.4, -0.2) is 37.3 Å². The number of aromatic carboxylic acids is 1. The average molecular weight is 369 g/mol. The number of imidazole rings is 1. The first-order valence-corrected chi connectivity index (χ1v) is 6.44. The van der Waals surface area contributed by atoms with Gasteiger partial charge in [0.25, 0.3) is 5.56 Å². The smallest absolute Gasteiger partial charge is 0.345 e. The summed E-state index contributed by atoms with van der Waals surface area (Å²) in [6, 6.07) is 0. The van der Waals surface area contributed by atoms with E-state index in [1.807, 2.05) is 0 Å². The molecule has 1 aliphatic heterocycles. The van der Waals surface area contributed by atoms with Gasteiger partial charge in [-0.05, 0) is 0 Å². The van der Waals surface area contributed by atoms with E-state index in [4.69, 9.17) is 33.0 Å². The summed E-state index contributed by atoms with van der Waals surface area (Å²) in [7, 11) is 0. The molecule has 0 amide bonds. The van der Waals surface area contributed by atoms with Crippen molar-refractivity contribution in [3.63, 3.8) is 0 Å². The summed E-state index contributed by atoms with van der Waals surface area (Å²) >= 11 is 11.8. The van der Waals surface area contributed by atoms with Crippen LogP contribution in [0, 0.1) is 0 Å². The molecule has 0 aromatic carbocycles. The predicted molar refractivity (Wildman–Crippen MR) is 79.7 cm³/mol. The van der Waals surface area contributed by atoms with E-state index in [-0.39, 0.29) is 53.1 Å². The lowest BCUT2D eigenvalue weighted by atomic mass is 10.2. The largest absolute Gasteiger partial charge is 0.503 e. The first-order chi connectivity index (χ1) is 9.91. The van der Waals surface area contributed by atoms with Crippen LogP contribution in [0.4, 0.5) is 0 Å². The van der Waals surface area contributed by atoms with Gasteiger partial charge in [-0.15, -0.1) is 12.4 Å². The number of pyridine rings is 1. The SMILES string of the molecule is Cl.O=C(O)c1c(O)c2c([nH]c1=O)-c1nc(Cl)c(Cl)n1CCO2. The molecular formula is C11H8Cl3N3O5. The number of carboxylic acid groups (broad SMARTS) is 1. The number of halogens is 3. The van der Waals surface area contributed by atoms with Crippen LogP contribution < -0.4 is 10.3 Å². The number of fused-ring (bicyclic) bond motifs is 3. The molecule has 0 aliphatic carbocycles. The Morgan fingerprint density at radius 1 is 1.41 bits per heavy atom. The van der Waals surface area contributed by atoms with E-state index in [1.165, 1.54) is 4.57 Å². The van der Waals surface area contributed by atoms with Crippen LogP contribution in [0.1, 0.15) is 10.4 Å². The normalized spacial score (nSPS) is 12.5. The lowest BCUT2D eigenvalue weighted by Gasteiger charge is -2.09. The fraction of sp³-hybridized carbons (Fsp3) is 0.182. The van der Waals surface area contributed by atoms with Crippen LogP contribution in [0.3, 0.4) is 0 Å². The van der Waals surface area contributed by atoms with Crippen LogP contribution in [0.25, 0.3) is 11.5 Å². The molecule has 3 rings (SSSR count). The first kappa shape index (κ1) is 16.5. The second-order valence-electron chi connectivity index (χ2n) is 4.20. The van der Waals surface area contributed by atoms with Gasteiger partial charge in [0.1, 0.15) is 17.5 Å². The minimum Gasteiger partial charge on any atom is -0.503 e. The molecule has 118 valence electrons. The molecule has 0 spiro atoms. The summed E-state index contributed by atoms with van der Waals surface area (Å²) < 4.78 is 6.81. The van der Waals surface area contributed by atoms with Crippen molar-refractivity contribution in [3.8, 4) is 23.0 Å². The number of hydrogen-bond donors (Lipinski definition) is 3. The second kappa shape index (κ2) is 5.71. The number of H-pyrrole nitrogens is 1. The predicted octanol–water partition coefficient (Wildman–Crippen LogP) is 1.76. The van der Waals surface area contributed by atoms with Crippen molar-refractivity contribution in [2.45, 2.75) is 6.54 Å². The maximum absolute atomic E-state index is 11.8. The van der Waals surface area contributed by atoms with Crippen molar-refractivity contribution >= 4 is 41.6 Å². The summed E-state index contributed by atoms with van der Waals surface area (Å²) in [5.41, 5.74) is -1.76. The lowest BCUT2D eigenvalue weighted by Crippen LogP contribution is -2.19. The van der Waals surface area contributed by atoms with Gasteiger partial charge >= 0.3 is 5.97 Å². The standard InChI is InChI=1S/C11H7Cl2N3O5.ClH/c12-7-8(13)16-1-2-21-6-4(9(16)15-7)14-10(18)3(5(6)17)11(19)20;/h1-2H2,(H,19,20)(H2,14,17,18);1H. The van der Waals surface area contributed by atoms with Gasteiger partial charge in [0.15, 0.2) is 28.0 Å². The summed E-state index contributed by atoms with van der Waals surface area (Å²) in [6.07, 6.45) is 0. The minimum atomic E-state index is -1.57. The van der Waals surface area contributed by atoms with E-state index in [1.54, 1.807) is 0 Å². The molecule has 1 aliphatic rings. The Kier molecular flexibility index (Phi) is 4.28. The minimum absolute atomic E-state index is 0. The molecule has 0 bridgehead atoms. The Balaban J connectivity index is 0.00000176. The number of hydrogen-bond acceptors (Lipinski definition) is 5. The molecule has 3 heterocycles. The molecule has 2 aromatic rings. The number of rotatable bonds is 1. The van der Waals surface area contributed by atoms with Crippen molar-refractivity contribution in [3.05, 3.63) is 26.2 Å². The van der Waals surface area contributed by atoms with Crippen molar-refractivity contribution < 1.29 is 19.7 Å². The molecule has 8 nitrogen and oxygen atoms in total. The summed E-state index contributed by atoms with van der Waals surface area (Å²) in [6.45, 7) is 0.359. The fourth-order valence-corrected chi connectivity index (χ4v) is 2.50. The summed E-state index contributed by atoms with van der Waals surface area (Å²) in [4.78, 5) is 29.2. The van der Waals surface area contributed by atoms with E-state index >= 15 is 0 Å². The van der Waals surface area contributed by atoms with E-state index in [9.17, 15) is 14.7 Å². The number of carboxylic acids is 1. The Hall–Kier alpha value is -1.90. The molecule has 0 fully saturated rings. The van der Waals surface area contributed by atoms with Crippen LogP contribution in [-0.2, 0) is 6.54 Å². The van der Waals surface area contributed by atoms with Gasteiger partial charge in [0.05, 0.1) is 6.54 Å². The van der Waals surface area contributed by atoms with Crippen LogP contribution in [0.2, 0.25) is 10.3 Å². The topological polar surface area (TPSA) is 117 Å². The van der Waals surface area contributed by atoms with Gasteiger partial charge in [0.2, 0.25) is 0 Å². The van der Waals surface area contributed by atoms with Crippen molar-refractivity contribution in [2.75, 3.05) is 6.61 Å². The zero-order chi connectivity index (χ0) is 15.3. The highest BCUT2D eigenvalue weighted by atomic mass is 35.5. The molecular weight excluding hydrogens is 360 g/mol. The van der Waals surface area contributed by atoms with Crippen molar-refractivity contribution in [1.82, 2.24) is 14.5 Å². The van der Waals surface area contributed by atoms with E-state index in [0.717, 1.165) is 0 Å². The van der Waals surface area contributed by atoms with Gasteiger partial charge in [0, 0.05) is 0 Å². The number of carbonyl (C=O) groups is 1.